The highest BCUT2D eigenvalue weighted by atomic mass is 79.9. The fraction of sp³-hybridized carbons (Fsp3) is 0.455. The minimum Gasteiger partial charge on any atom is -0.783 e. The van der Waals surface area contributed by atoms with Crippen LogP contribution in [0.5, 0.6) is 5.75 Å². The third kappa shape index (κ3) is 3.52. The van der Waals surface area contributed by atoms with Gasteiger partial charge in [0.25, 0.3) is 0 Å². The molecule has 1 aliphatic rings. The van der Waals surface area contributed by atoms with E-state index in [1.165, 1.54) is 0 Å². The van der Waals surface area contributed by atoms with Crippen LogP contribution in [0.15, 0.2) is 53.4 Å². The lowest BCUT2D eigenvalue weighted by atomic mass is 9.91. The number of benzene rings is 2. The summed E-state index contributed by atoms with van der Waals surface area (Å²) in [5.74, 6) is -0.0418. The number of ether oxygens (including phenoxy) is 1. The van der Waals surface area contributed by atoms with Crippen LogP contribution in [0.3, 0.4) is 0 Å². The van der Waals surface area contributed by atoms with Gasteiger partial charge in [0.1, 0.15) is 10.6 Å². The van der Waals surface area contributed by atoms with E-state index in [1.54, 1.807) is 69.3 Å². The van der Waals surface area contributed by atoms with Gasteiger partial charge in [-0.05, 0) is 43.4 Å². The molecule has 0 saturated carbocycles. The van der Waals surface area contributed by atoms with Crippen LogP contribution in [0.25, 0.3) is 0 Å². The van der Waals surface area contributed by atoms with Crippen LogP contribution in [-0.4, -0.2) is 25.4 Å². The van der Waals surface area contributed by atoms with Crippen LogP contribution >= 0.6 is 15.9 Å². The van der Waals surface area contributed by atoms with Gasteiger partial charge in [0, 0.05) is 16.9 Å². The van der Waals surface area contributed by atoms with E-state index in [2.05, 4.69) is 15.9 Å². The van der Waals surface area contributed by atoms with Crippen LogP contribution in [0.4, 0.5) is 0 Å². The smallest absolute Gasteiger partial charge is 0.201 e. The monoisotopic (exact) mass is 480 g/mol. The van der Waals surface area contributed by atoms with Crippen molar-refractivity contribution in [3.05, 3.63) is 64.9 Å². The number of rotatable bonds is 7. The number of sulfone groups is 1. The van der Waals surface area contributed by atoms with Crippen molar-refractivity contribution in [2.75, 3.05) is 11.9 Å². The molecule has 7 heteroatoms. The Morgan fingerprint density at radius 3 is 2.48 bits per heavy atom. The molecule has 0 aliphatic carbocycles. The summed E-state index contributed by atoms with van der Waals surface area (Å²) in [5.41, 5.74) is 0.944. The predicted molar refractivity (Wildman–Crippen MR) is 119 cm³/mol. The van der Waals surface area contributed by atoms with Crippen molar-refractivity contribution < 1.29 is 13.2 Å². The Balaban J connectivity index is 2.22. The number of para-hydroxylation sites is 1. The fourth-order valence-corrected chi connectivity index (χ4v) is 7.19. The van der Waals surface area contributed by atoms with E-state index in [-0.39, 0.29) is 4.90 Å². The average molecular weight is 481 g/mol. The molecule has 1 aliphatic heterocycles. The van der Waals surface area contributed by atoms with Crippen LogP contribution in [0.1, 0.15) is 50.8 Å². The molecule has 2 atom stereocenters. The van der Waals surface area contributed by atoms with E-state index in [9.17, 15) is 13.6 Å². The van der Waals surface area contributed by atoms with Gasteiger partial charge in [-0.2, -0.15) is 0 Å². The lowest BCUT2D eigenvalue weighted by molar-refractivity contribution is 0.116. The molecule has 0 N–H and O–H groups in total. The maximum atomic E-state index is 13.9. The van der Waals surface area contributed by atoms with E-state index >= 15 is 0 Å². The van der Waals surface area contributed by atoms with Gasteiger partial charge < -0.3 is 15.0 Å². The van der Waals surface area contributed by atoms with Crippen molar-refractivity contribution >= 4 is 25.8 Å². The Labute approximate surface area is 181 Å². The normalized spacial score (nSPS) is 23.7. The zero-order valence-corrected chi connectivity index (χ0v) is 19.4. The van der Waals surface area contributed by atoms with Crippen molar-refractivity contribution in [1.29, 1.82) is 0 Å². The van der Waals surface area contributed by atoms with Crippen LogP contribution in [0, 0.1) is 11.1 Å². The molecule has 29 heavy (non-hydrogen) atoms. The molecule has 2 aromatic rings. The second-order valence-electron chi connectivity index (χ2n) is 7.63. The molecule has 2 aromatic carbocycles. The minimum atomic E-state index is -4.01. The average Bonchev–Trinajstić information content (AvgIpc) is 2.70. The highest BCUT2D eigenvalue weighted by Crippen LogP contribution is 2.54. The highest BCUT2D eigenvalue weighted by Gasteiger charge is 2.56. The van der Waals surface area contributed by atoms with E-state index in [4.69, 9.17) is 4.74 Å². The summed E-state index contributed by atoms with van der Waals surface area (Å²) in [6.45, 7) is 5.79. The molecule has 0 amide bonds. The zero-order valence-electron chi connectivity index (χ0n) is 17.0. The molecule has 5 nitrogen and oxygen atoms in total. The van der Waals surface area contributed by atoms with E-state index in [0.29, 0.717) is 23.5 Å². The third-order valence-electron chi connectivity index (χ3n) is 5.59. The van der Waals surface area contributed by atoms with Gasteiger partial charge in [0.15, 0.2) is 0 Å². The molecule has 0 saturated heterocycles. The van der Waals surface area contributed by atoms with Crippen LogP contribution in [-0.2, 0) is 14.7 Å². The number of hydroxylamine groups is 2. The summed E-state index contributed by atoms with van der Waals surface area (Å²) in [5, 5.41) is 15.3. The predicted octanol–water partition coefficient (Wildman–Crippen LogP) is 5.40. The van der Waals surface area contributed by atoms with Crippen molar-refractivity contribution in [1.82, 2.24) is 5.06 Å². The second kappa shape index (κ2) is 8.76. The minimum absolute atomic E-state index is 0.224. The van der Waals surface area contributed by atoms with Crippen LogP contribution in [0.2, 0.25) is 0 Å². The van der Waals surface area contributed by atoms with Gasteiger partial charge in [0.2, 0.25) is 9.84 Å². The summed E-state index contributed by atoms with van der Waals surface area (Å²) >= 11 is 3.40. The van der Waals surface area contributed by atoms with Gasteiger partial charge in [-0.25, -0.2) is 8.42 Å². The van der Waals surface area contributed by atoms with Crippen molar-refractivity contribution in [2.45, 2.75) is 49.4 Å². The number of halogens is 1. The first kappa shape index (κ1) is 22.3. The maximum Gasteiger partial charge on any atom is 0.201 e. The second-order valence-corrected chi connectivity index (χ2v) is 10.5. The molecular weight excluding hydrogens is 454 g/mol. The lowest BCUT2D eigenvalue weighted by Crippen LogP contribution is -2.56. The molecule has 158 valence electrons. The Bertz CT molecular complexity index is 963. The molecule has 0 radical (unpaired) electrons. The number of fused-ring (bicyclic) bond motifs is 1. The van der Waals surface area contributed by atoms with Crippen LogP contribution < -0.4 is 4.74 Å². The van der Waals surface area contributed by atoms with E-state index < -0.39 is 26.7 Å². The first-order valence-electron chi connectivity index (χ1n) is 9.88. The summed E-state index contributed by atoms with van der Waals surface area (Å²) in [6, 6.07) is 13.2. The summed E-state index contributed by atoms with van der Waals surface area (Å²) in [4.78, 5) is -1.53. The molecule has 1 heterocycles. The largest absolute Gasteiger partial charge is 0.783 e. The number of alkyl halides is 1. The molecule has 0 fully saturated rings. The summed E-state index contributed by atoms with van der Waals surface area (Å²) in [7, 11) is -4.01. The topological polar surface area (TPSA) is 69.7 Å². The number of nitrogens with zero attached hydrogens (tertiary/aromatic N) is 1. The standard InChI is InChI=1S/C22H27BrNO4S/c1-16(2)22(19-11-5-6-12-20(19)28-15-9-8-14-23)24(25)17(3)18-10-4-7-13-21(18)29(22,26)27/h4-7,10-13,16-17H,8-9,14-15H2,1-3H3/q-1. The Hall–Kier alpha value is -1.41. The Morgan fingerprint density at radius 2 is 1.79 bits per heavy atom. The first-order valence-corrected chi connectivity index (χ1v) is 12.5. The molecular formula is C22H27BrNO4S-. The molecule has 3 rings (SSSR count). The van der Waals surface area contributed by atoms with Gasteiger partial charge in [-0.1, -0.05) is 66.2 Å². The molecule has 0 aromatic heterocycles. The van der Waals surface area contributed by atoms with Crippen molar-refractivity contribution in [3.63, 3.8) is 0 Å². The van der Waals surface area contributed by atoms with Gasteiger partial charge in [-0.3, -0.25) is 0 Å². The number of hydrogen-bond acceptors (Lipinski definition) is 5. The SMILES string of the molecule is CC1c2ccccc2S(=O)(=O)C(c2ccccc2OCCCCBr)(C(C)C)N1[O-]. The van der Waals surface area contributed by atoms with Crippen molar-refractivity contribution in [3.8, 4) is 5.75 Å². The van der Waals surface area contributed by atoms with Gasteiger partial charge in [-0.15, -0.1) is 0 Å². The van der Waals surface area contributed by atoms with Gasteiger partial charge >= 0.3 is 0 Å². The van der Waals surface area contributed by atoms with E-state index in [0.717, 1.165) is 23.2 Å². The Morgan fingerprint density at radius 1 is 1.14 bits per heavy atom. The molecule has 0 bridgehead atoms. The summed E-state index contributed by atoms with van der Waals surface area (Å²) < 4.78 is 33.9. The van der Waals surface area contributed by atoms with Gasteiger partial charge in [0.05, 0.1) is 11.5 Å². The molecule has 2 unspecified atom stereocenters. The third-order valence-corrected chi connectivity index (χ3v) is 8.79. The number of unbranched alkanes of at least 4 members (excludes halogenated alkanes) is 1. The molecule has 0 spiro atoms. The lowest BCUT2D eigenvalue weighted by Gasteiger charge is -2.56. The maximum absolute atomic E-state index is 13.9. The zero-order chi connectivity index (χ0) is 21.2. The van der Waals surface area contributed by atoms with E-state index in [1.807, 2.05) is 0 Å². The highest BCUT2D eigenvalue weighted by molar-refractivity contribution is 9.09. The quantitative estimate of drug-likeness (QED) is 0.391. The van der Waals surface area contributed by atoms with Crippen molar-refractivity contribution in [2.24, 2.45) is 5.92 Å². The number of hydrogen-bond donors (Lipinski definition) is 0. The summed E-state index contributed by atoms with van der Waals surface area (Å²) in [6.07, 6.45) is 1.79. The first-order chi connectivity index (χ1) is 13.8. The fourth-order valence-electron chi connectivity index (χ4n) is 4.18. The Kier molecular flexibility index (Phi) is 6.73.